The standard InChI is InChI=1S/C16H23N3O/c1-5-11-17-12(2)14-18-15(19-20-14)16(3,4)13-9-7-6-8-10-13/h6-10,12,17H,5,11H2,1-4H3. The fourth-order valence-electron chi connectivity index (χ4n) is 2.10. The van der Waals surface area contributed by atoms with Crippen molar-refractivity contribution in [2.75, 3.05) is 6.54 Å². The van der Waals surface area contributed by atoms with E-state index in [-0.39, 0.29) is 11.5 Å². The molecule has 108 valence electrons. The number of rotatable bonds is 6. The third-order valence-corrected chi connectivity index (χ3v) is 3.57. The van der Waals surface area contributed by atoms with E-state index in [1.165, 1.54) is 5.56 Å². The van der Waals surface area contributed by atoms with Crippen molar-refractivity contribution in [3.63, 3.8) is 0 Å². The first-order valence-corrected chi connectivity index (χ1v) is 7.18. The van der Waals surface area contributed by atoms with Crippen LogP contribution in [0.5, 0.6) is 0 Å². The zero-order valence-corrected chi connectivity index (χ0v) is 12.7. The van der Waals surface area contributed by atoms with Crippen molar-refractivity contribution in [3.8, 4) is 0 Å². The van der Waals surface area contributed by atoms with Gasteiger partial charge in [-0.3, -0.25) is 0 Å². The summed E-state index contributed by atoms with van der Waals surface area (Å²) in [4.78, 5) is 4.57. The van der Waals surface area contributed by atoms with Gasteiger partial charge in [0.05, 0.1) is 11.5 Å². The van der Waals surface area contributed by atoms with E-state index in [4.69, 9.17) is 4.52 Å². The molecule has 0 aliphatic carbocycles. The first-order valence-electron chi connectivity index (χ1n) is 7.18. The van der Waals surface area contributed by atoms with E-state index in [0.717, 1.165) is 18.8 Å². The number of hydrogen-bond donors (Lipinski definition) is 1. The van der Waals surface area contributed by atoms with Crippen LogP contribution in [0.1, 0.15) is 57.4 Å². The third-order valence-electron chi connectivity index (χ3n) is 3.57. The van der Waals surface area contributed by atoms with Gasteiger partial charge in [0, 0.05) is 0 Å². The quantitative estimate of drug-likeness (QED) is 0.875. The molecule has 0 fully saturated rings. The summed E-state index contributed by atoms with van der Waals surface area (Å²) in [5.74, 6) is 1.38. The smallest absolute Gasteiger partial charge is 0.243 e. The van der Waals surface area contributed by atoms with Gasteiger partial charge in [-0.05, 0) is 39.3 Å². The summed E-state index contributed by atoms with van der Waals surface area (Å²) in [6.45, 7) is 9.35. The summed E-state index contributed by atoms with van der Waals surface area (Å²) in [5, 5.41) is 7.52. The van der Waals surface area contributed by atoms with Gasteiger partial charge in [0.2, 0.25) is 5.89 Å². The molecule has 1 aromatic carbocycles. The molecule has 1 heterocycles. The van der Waals surface area contributed by atoms with Crippen LogP contribution in [-0.4, -0.2) is 16.7 Å². The molecule has 0 spiro atoms. The molecular formula is C16H23N3O. The monoisotopic (exact) mass is 273 g/mol. The van der Waals surface area contributed by atoms with E-state index in [1.807, 2.05) is 25.1 Å². The van der Waals surface area contributed by atoms with Crippen molar-refractivity contribution in [2.24, 2.45) is 0 Å². The Morgan fingerprint density at radius 3 is 2.60 bits per heavy atom. The summed E-state index contributed by atoms with van der Waals surface area (Å²) >= 11 is 0. The van der Waals surface area contributed by atoms with Crippen LogP contribution in [0.2, 0.25) is 0 Å². The van der Waals surface area contributed by atoms with Crippen LogP contribution in [0.4, 0.5) is 0 Å². The predicted octanol–water partition coefficient (Wildman–Crippen LogP) is 3.46. The minimum absolute atomic E-state index is 0.0859. The fraction of sp³-hybridized carbons (Fsp3) is 0.500. The SMILES string of the molecule is CCCNC(C)c1nc(C(C)(C)c2ccccc2)no1. The largest absolute Gasteiger partial charge is 0.338 e. The molecular weight excluding hydrogens is 250 g/mol. The molecule has 1 unspecified atom stereocenters. The molecule has 0 saturated carbocycles. The summed E-state index contributed by atoms with van der Waals surface area (Å²) in [6, 6.07) is 10.3. The Hall–Kier alpha value is -1.68. The molecule has 0 aliphatic rings. The van der Waals surface area contributed by atoms with Crippen LogP contribution in [0, 0.1) is 0 Å². The van der Waals surface area contributed by atoms with Crippen molar-refractivity contribution in [3.05, 3.63) is 47.6 Å². The van der Waals surface area contributed by atoms with Gasteiger partial charge in [0.15, 0.2) is 5.82 Å². The highest BCUT2D eigenvalue weighted by molar-refractivity contribution is 5.30. The molecule has 0 radical (unpaired) electrons. The normalized spacial score (nSPS) is 13.4. The lowest BCUT2D eigenvalue weighted by Gasteiger charge is -2.20. The van der Waals surface area contributed by atoms with Crippen molar-refractivity contribution < 1.29 is 4.52 Å². The van der Waals surface area contributed by atoms with Crippen molar-refractivity contribution in [1.82, 2.24) is 15.5 Å². The Kier molecular flexibility index (Phi) is 4.55. The van der Waals surface area contributed by atoms with Crippen molar-refractivity contribution in [2.45, 2.75) is 45.6 Å². The fourth-order valence-corrected chi connectivity index (χ4v) is 2.10. The highest BCUT2D eigenvalue weighted by atomic mass is 16.5. The summed E-state index contributed by atoms with van der Waals surface area (Å²) in [6.07, 6.45) is 1.08. The van der Waals surface area contributed by atoms with Gasteiger partial charge in [-0.1, -0.05) is 42.4 Å². The van der Waals surface area contributed by atoms with Crippen LogP contribution in [0.25, 0.3) is 0 Å². The Balaban J connectivity index is 2.19. The van der Waals surface area contributed by atoms with E-state index in [1.54, 1.807) is 0 Å². The second kappa shape index (κ2) is 6.18. The summed E-state index contributed by atoms with van der Waals surface area (Å²) in [7, 11) is 0. The number of nitrogens with one attached hydrogen (secondary N) is 1. The first kappa shape index (κ1) is 14.7. The average molecular weight is 273 g/mol. The maximum Gasteiger partial charge on any atom is 0.243 e. The summed E-state index contributed by atoms with van der Waals surface area (Å²) in [5.41, 5.74) is 0.926. The highest BCUT2D eigenvalue weighted by Crippen LogP contribution is 2.29. The molecule has 0 saturated heterocycles. The van der Waals surface area contributed by atoms with Gasteiger partial charge in [-0.25, -0.2) is 0 Å². The molecule has 4 heteroatoms. The lowest BCUT2D eigenvalue weighted by atomic mass is 9.84. The van der Waals surface area contributed by atoms with Crippen LogP contribution < -0.4 is 5.32 Å². The molecule has 1 aromatic heterocycles. The second-order valence-electron chi connectivity index (χ2n) is 5.62. The summed E-state index contributed by atoms with van der Waals surface area (Å²) < 4.78 is 5.41. The average Bonchev–Trinajstić information content (AvgIpc) is 2.96. The maximum atomic E-state index is 5.41. The van der Waals surface area contributed by atoms with Gasteiger partial charge in [0.25, 0.3) is 0 Å². The molecule has 1 atom stereocenters. The van der Waals surface area contributed by atoms with Crippen LogP contribution >= 0.6 is 0 Å². The van der Waals surface area contributed by atoms with E-state index < -0.39 is 0 Å². The van der Waals surface area contributed by atoms with Gasteiger partial charge < -0.3 is 9.84 Å². The molecule has 1 N–H and O–H groups in total. The Morgan fingerprint density at radius 1 is 1.25 bits per heavy atom. The molecule has 0 aliphatic heterocycles. The second-order valence-corrected chi connectivity index (χ2v) is 5.62. The van der Waals surface area contributed by atoms with Crippen molar-refractivity contribution in [1.29, 1.82) is 0 Å². The Morgan fingerprint density at radius 2 is 1.95 bits per heavy atom. The zero-order valence-electron chi connectivity index (χ0n) is 12.7. The van der Waals surface area contributed by atoms with Gasteiger partial charge >= 0.3 is 0 Å². The predicted molar refractivity (Wildman–Crippen MR) is 79.6 cm³/mol. The third kappa shape index (κ3) is 3.07. The number of nitrogens with zero attached hydrogens (tertiary/aromatic N) is 2. The Bertz CT molecular complexity index is 534. The van der Waals surface area contributed by atoms with E-state index in [2.05, 4.69) is 48.4 Å². The van der Waals surface area contributed by atoms with Crippen LogP contribution in [-0.2, 0) is 5.41 Å². The van der Waals surface area contributed by atoms with Gasteiger partial charge in [-0.2, -0.15) is 4.98 Å². The number of hydrogen-bond acceptors (Lipinski definition) is 4. The van der Waals surface area contributed by atoms with E-state index in [0.29, 0.717) is 5.89 Å². The minimum Gasteiger partial charge on any atom is -0.338 e. The van der Waals surface area contributed by atoms with Crippen molar-refractivity contribution >= 4 is 0 Å². The van der Waals surface area contributed by atoms with Gasteiger partial charge in [-0.15, -0.1) is 0 Å². The topological polar surface area (TPSA) is 51.0 Å². The highest BCUT2D eigenvalue weighted by Gasteiger charge is 2.29. The number of benzene rings is 1. The van der Waals surface area contributed by atoms with E-state index >= 15 is 0 Å². The maximum absolute atomic E-state index is 5.41. The zero-order chi connectivity index (χ0) is 14.6. The van der Waals surface area contributed by atoms with E-state index in [9.17, 15) is 0 Å². The molecule has 2 aromatic rings. The molecule has 0 bridgehead atoms. The molecule has 20 heavy (non-hydrogen) atoms. The molecule has 2 rings (SSSR count). The lowest BCUT2D eigenvalue weighted by Crippen LogP contribution is -2.22. The Labute approximate surface area is 120 Å². The number of aromatic nitrogens is 2. The molecule has 4 nitrogen and oxygen atoms in total. The van der Waals surface area contributed by atoms with Crippen LogP contribution in [0.3, 0.4) is 0 Å². The van der Waals surface area contributed by atoms with Gasteiger partial charge in [0.1, 0.15) is 0 Å². The van der Waals surface area contributed by atoms with Crippen LogP contribution in [0.15, 0.2) is 34.9 Å². The minimum atomic E-state index is -0.256. The lowest BCUT2D eigenvalue weighted by molar-refractivity contribution is 0.333. The first-order chi connectivity index (χ1) is 9.55. The molecule has 0 amide bonds.